The molecule has 3 nitrogen and oxygen atoms in total. The molecule has 0 aromatic carbocycles. The summed E-state index contributed by atoms with van der Waals surface area (Å²) in [7, 11) is 0. The zero-order valence-corrected chi connectivity index (χ0v) is 8.53. The molecule has 0 unspecified atom stereocenters. The Kier molecular flexibility index (Phi) is 4.96. The van der Waals surface area contributed by atoms with Crippen LogP contribution in [0.15, 0.2) is 23.3 Å². The lowest BCUT2D eigenvalue weighted by atomic mass is 10.0. The highest BCUT2D eigenvalue weighted by Gasteiger charge is 2.08. The predicted octanol–water partition coefficient (Wildman–Crippen LogP) is 2.13. The SMILES string of the molecule is CC(C)=CC(=O)C=C(C)C(C#N)C#N. The van der Waals surface area contributed by atoms with Gasteiger partial charge in [0.2, 0.25) is 0 Å². The van der Waals surface area contributed by atoms with Gasteiger partial charge in [-0.15, -0.1) is 0 Å². The molecule has 0 aromatic rings. The van der Waals surface area contributed by atoms with Gasteiger partial charge < -0.3 is 0 Å². The minimum atomic E-state index is -0.829. The van der Waals surface area contributed by atoms with E-state index in [0.717, 1.165) is 5.57 Å². The first kappa shape index (κ1) is 12.1. The third-order valence-electron chi connectivity index (χ3n) is 1.51. The summed E-state index contributed by atoms with van der Waals surface area (Å²) in [6.07, 6.45) is 2.79. The van der Waals surface area contributed by atoms with Crippen LogP contribution in [0, 0.1) is 28.6 Å². The average molecular weight is 188 g/mol. The zero-order chi connectivity index (χ0) is 11.1. The van der Waals surface area contributed by atoms with E-state index in [1.807, 2.05) is 26.0 Å². The molecule has 0 bridgehead atoms. The van der Waals surface area contributed by atoms with Crippen molar-refractivity contribution in [2.75, 3.05) is 0 Å². The van der Waals surface area contributed by atoms with E-state index < -0.39 is 5.92 Å². The monoisotopic (exact) mass is 188 g/mol. The Morgan fingerprint density at radius 1 is 1.14 bits per heavy atom. The molecule has 0 N–H and O–H groups in total. The van der Waals surface area contributed by atoms with Crippen LogP contribution in [0.1, 0.15) is 20.8 Å². The highest BCUT2D eigenvalue weighted by atomic mass is 16.1. The maximum atomic E-state index is 11.2. The zero-order valence-electron chi connectivity index (χ0n) is 8.53. The van der Waals surface area contributed by atoms with E-state index in [2.05, 4.69) is 0 Å². The molecule has 72 valence electrons. The molecule has 0 rings (SSSR count). The van der Waals surface area contributed by atoms with Gasteiger partial charge in [0.1, 0.15) is 0 Å². The lowest BCUT2D eigenvalue weighted by Crippen LogP contribution is -1.98. The van der Waals surface area contributed by atoms with Crippen LogP contribution in [-0.4, -0.2) is 5.78 Å². The largest absolute Gasteiger partial charge is 0.290 e. The number of hydrogen-bond donors (Lipinski definition) is 0. The minimum Gasteiger partial charge on any atom is -0.290 e. The van der Waals surface area contributed by atoms with Crippen molar-refractivity contribution in [3.63, 3.8) is 0 Å². The van der Waals surface area contributed by atoms with E-state index >= 15 is 0 Å². The number of allylic oxidation sites excluding steroid dienone is 4. The first-order chi connectivity index (χ1) is 6.51. The number of carbonyl (C=O) groups is 1. The summed E-state index contributed by atoms with van der Waals surface area (Å²) in [5, 5.41) is 17.1. The summed E-state index contributed by atoms with van der Waals surface area (Å²) < 4.78 is 0. The van der Waals surface area contributed by atoms with Gasteiger partial charge >= 0.3 is 0 Å². The Morgan fingerprint density at radius 2 is 1.64 bits per heavy atom. The first-order valence-electron chi connectivity index (χ1n) is 4.17. The molecule has 0 saturated carbocycles. The second-order valence-electron chi connectivity index (χ2n) is 3.20. The summed E-state index contributed by atoms with van der Waals surface area (Å²) in [5.74, 6) is -1.01. The third kappa shape index (κ3) is 4.23. The quantitative estimate of drug-likeness (QED) is 0.637. The van der Waals surface area contributed by atoms with Crippen LogP contribution >= 0.6 is 0 Å². The smallest absolute Gasteiger partial charge is 0.178 e. The van der Waals surface area contributed by atoms with Crippen LogP contribution in [0.3, 0.4) is 0 Å². The fourth-order valence-electron chi connectivity index (χ4n) is 0.866. The molecular weight excluding hydrogens is 176 g/mol. The Hall–Kier alpha value is -1.87. The van der Waals surface area contributed by atoms with Gasteiger partial charge in [0.25, 0.3) is 0 Å². The summed E-state index contributed by atoms with van der Waals surface area (Å²) in [6, 6.07) is 3.62. The van der Waals surface area contributed by atoms with E-state index in [0.29, 0.717) is 5.57 Å². The molecule has 0 amide bonds. The molecule has 3 heteroatoms. The number of carbonyl (C=O) groups excluding carboxylic acids is 1. The number of nitriles is 2. The molecule has 0 atom stereocenters. The normalized spacial score (nSPS) is 10.3. The Balaban J connectivity index is 4.72. The van der Waals surface area contributed by atoms with Crippen molar-refractivity contribution in [1.29, 1.82) is 10.5 Å². The van der Waals surface area contributed by atoms with Crippen LogP contribution in [0.5, 0.6) is 0 Å². The molecule has 0 aliphatic rings. The van der Waals surface area contributed by atoms with Crippen molar-refractivity contribution < 1.29 is 4.79 Å². The summed E-state index contributed by atoms with van der Waals surface area (Å²) >= 11 is 0. The summed E-state index contributed by atoms with van der Waals surface area (Å²) in [6.45, 7) is 5.23. The lowest BCUT2D eigenvalue weighted by Gasteiger charge is -1.97. The van der Waals surface area contributed by atoms with Crippen LogP contribution in [-0.2, 0) is 4.79 Å². The van der Waals surface area contributed by atoms with E-state index in [9.17, 15) is 4.79 Å². The molecule has 0 saturated heterocycles. The summed E-state index contributed by atoms with van der Waals surface area (Å²) in [5.41, 5.74) is 1.38. The van der Waals surface area contributed by atoms with Gasteiger partial charge in [-0.1, -0.05) is 5.57 Å². The molecule has 0 aliphatic carbocycles. The maximum absolute atomic E-state index is 11.2. The fraction of sp³-hybridized carbons (Fsp3) is 0.364. The van der Waals surface area contributed by atoms with Crippen molar-refractivity contribution in [3.05, 3.63) is 23.3 Å². The standard InChI is InChI=1S/C11H12N2O/c1-8(2)4-11(14)5-9(3)10(6-12)7-13/h4-5,10H,1-3H3. The van der Waals surface area contributed by atoms with Gasteiger partial charge in [0, 0.05) is 0 Å². The highest BCUT2D eigenvalue weighted by Crippen LogP contribution is 2.08. The summed E-state index contributed by atoms with van der Waals surface area (Å²) in [4.78, 5) is 11.2. The van der Waals surface area contributed by atoms with Crippen molar-refractivity contribution in [1.82, 2.24) is 0 Å². The van der Waals surface area contributed by atoms with E-state index in [1.165, 1.54) is 12.2 Å². The molecule has 0 aliphatic heterocycles. The number of nitrogens with zero attached hydrogens (tertiary/aromatic N) is 2. The van der Waals surface area contributed by atoms with Crippen LogP contribution in [0.2, 0.25) is 0 Å². The minimum absolute atomic E-state index is 0.182. The average Bonchev–Trinajstić information content (AvgIpc) is 2.04. The molecule has 0 heterocycles. The van der Waals surface area contributed by atoms with Crippen molar-refractivity contribution in [2.45, 2.75) is 20.8 Å². The van der Waals surface area contributed by atoms with Crippen LogP contribution in [0.4, 0.5) is 0 Å². The molecule has 0 radical (unpaired) electrons. The molecule has 0 spiro atoms. The van der Waals surface area contributed by atoms with Crippen molar-refractivity contribution >= 4 is 5.78 Å². The van der Waals surface area contributed by atoms with Gasteiger partial charge in [-0.3, -0.25) is 4.79 Å². The lowest BCUT2D eigenvalue weighted by molar-refractivity contribution is -0.110. The van der Waals surface area contributed by atoms with Crippen LogP contribution < -0.4 is 0 Å². The Morgan fingerprint density at radius 3 is 2.00 bits per heavy atom. The van der Waals surface area contributed by atoms with Gasteiger partial charge in [-0.25, -0.2) is 0 Å². The number of hydrogen-bond acceptors (Lipinski definition) is 3. The van der Waals surface area contributed by atoms with E-state index in [1.54, 1.807) is 6.92 Å². The van der Waals surface area contributed by atoms with Crippen LogP contribution in [0.25, 0.3) is 0 Å². The van der Waals surface area contributed by atoms with Gasteiger partial charge in [0.15, 0.2) is 11.7 Å². The number of rotatable bonds is 3. The molecule has 14 heavy (non-hydrogen) atoms. The maximum Gasteiger partial charge on any atom is 0.178 e. The first-order valence-corrected chi connectivity index (χ1v) is 4.17. The van der Waals surface area contributed by atoms with Gasteiger partial charge in [-0.2, -0.15) is 10.5 Å². The predicted molar refractivity (Wildman–Crippen MR) is 52.9 cm³/mol. The highest BCUT2D eigenvalue weighted by molar-refractivity contribution is 6.00. The molecule has 0 aromatic heterocycles. The molecular formula is C11H12N2O. The van der Waals surface area contributed by atoms with Gasteiger partial charge in [0.05, 0.1) is 12.1 Å². The number of ketones is 1. The topological polar surface area (TPSA) is 64.7 Å². The van der Waals surface area contributed by atoms with E-state index in [-0.39, 0.29) is 5.78 Å². The van der Waals surface area contributed by atoms with Crippen molar-refractivity contribution in [2.24, 2.45) is 5.92 Å². The Labute approximate surface area is 84.0 Å². The third-order valence-corrected chi connectivity index (χ3v) is 1.51. The Bertz CT molecular complexity index is 346. The van der Waals surface area contributed by atoms with Gasteiger partial charge in [-0.05, 0) is 38.5 Å². The second-order valence-corrected chi connectivity index (χ2v) is 3.20. The second kappa shape index (κ2) is 5.72. The molecule has 0 fully saturated rings. The van der Waals surface area contributed by atoms with E-state index in [4.69, 9.17) is 10.5 Å². The van der Waals surface area contributed by atoms with Crippen molar-refractivity contribution in [3.8, 4) is 12.1 Å². The fourth-order valence-corrected chi connectivity index (χ4v) is 0.866.